The van der Waals surface area contributed by atoms with Crippen molar-refractivity contribution >= 4 is 48.5 Å². The highest BCUT2D eigenvalue weighted by atomic mass is 16.4. The molecule has 0 spiro atoms. The van der Waals surface area contributed by atoms with Crippen LogP contribution in [0.5, 0.6) is 0 Å². The standard InChI is InChI=1S/C38H57BN8O10/c1-4-5-8-25-10-12-26(13-11-25)27-14-16-28(17-15-27)35(52)42-20-18-32(50)45-29(9-6-7-19-40)37(54)47-33(24(3)48)38(55)44-23(2)34(51)46-30(21-31(41)49)36(53)43-22-39(56)57/h10-17,23-24,29-30,33,48,56-57H,4-9,18-22,40H2,1-3H3,(H2,41,49)(H,42,52)(H,43,53)(H,44,55)(H,45,50)(H,46,51)(H,47,54)/t23-,24?,29-,30-,33-/m0/s1. The molecule has 0 bridgehead atoms. The summed E-state index contributed by atoms with van der Waals surface area (Å²) >= 11 is 0. The van der Waals surface area contributed by atoms with Crippen LogP contribution in [0.1, 0.15) is 81.6 Å². The number of benzene rings is 2. The highest BCUT2D eigenvalue weighted by Gasteiger charge is 2.32. The van der Waals surface area contributed by atoms with Crippen molar-refractivity contribution in [3.8, 4) is 11.1 Å². The second kappa shape index (κ2) is 25.0. The van der Waals surface area contributed by atoms with Gasteiger partial charge in [-0.3, -0.25) is 33.6 Å². The fourth-order valence-corrected chi connectivity index (χ4v) is 5.53. The minimum absolute atomic E-state index is 0.0349. The molecule has 18 nitrogen and oxygen atoms in total. The van der Waals surface area contributed by atoms with Crippen molar-refractivity contribution in [3.05, 3.63) is 59.7 Å². The molecule has 0 aliphatic rings. The Morgan fingerprint density at radius 1 is 0.737 bits per heavy atom. The Morgan fingerprint density at radius 2 is 1.37 bits per heavy atom. The second-order valence-electron chi connectivity index (χ2n) is 13.7. The Balaban J connectivity index is 1.98. The molecule has 0 aliphatic heterocycles. The monoisotopic (exact) mass is 796 g/mol. The Hall–Kier alpha value is -5.37. The summed E-state index contributed by atoms with van der Waals surface area (Å²) in [5.41, 5.74) is 14.4. The zero-order chi connectivity index (χ0) is 42.5. The summed E-state index contributed by atoms with van der Waals surface area (Å²) in [6.07, 6.45) is 1.51. The van der Waals surface area contributed by atoms with Gasteiger partial charge in [0.1, 0.15) is 24.2 Å². The van der Waals surface area contributed by atoms with Gasteiger partial charge in [-0.2, -0.15) is 0 Å². The molecule has 2 aromatic rings. The van der Waals surface area contributed by atoms with E-state index in [2.05, 4.69) is 63.1 Å². The van der Waals surface area contributed by atoms with E-state index in [1.165, 1.54) is 19.4 Å². The maximum atomic E-state index is 13.4. The number of carbonyl (C=O) groups excluding carboxylic acids is 7. The first kappa shape index (κ1) is 47.8. The average Bonchev–Trinajstić information content (AvgIpc) is 3.17. The normalized spacial score (nSPS) is 13.5. The Morgan fingerprint density at radius 3 is 1.93 bits per heavy atom. The SMILES string of the molecule is CCCCc1ccc(-c2ccc(C(=O)NCCC(=O)N[C@@H](CCCCN)C(=O)N[C@H](C(=O)N[C@@H](C)C(=O)N[C@@H](CC(N)=O)C(=O)NCB(O)O)C(C)O)cc2)cc1. The highest BCUT2D eigenvalue weighted by molar-refractivity contribution is 6.41. The summed E-state index contributed by atoms with van der Waals surface area (Å²) in [5, 5.41) is 42.8. The number of hydrogen-bond donors (Lipinski definition) is 11. The van der Waals surface area contributed by atoms with E-state index in [0.29, 0.717) is 24.9 Å². The van der Waals surface area contributed by atoms with Gasteiger partial charge in [0.05, 0.1) is 19.0 Å². The van der Waals surface area contributed by atoms with Crippen molar-refractivity contribution in [3.63, 3.8) is 0 Å². The van der Waals surface area contributed by atoms with Crippen LogP contribution in [0.2, 0.25) is 0 Å². The lowest BCUT2D eigenvalue weighted by molar-refractivity contribution is -0.136. The third kappa shape index (κ3) is 17.5. The van der Waals surface area contributed by atoms with Crippen LogP contribution in [0.25, 0.3) is 11.1 Å². The Kier molecular flexibility index (Phi) is 21.0. The molecule has 0 saturated heterocycles. The van der Waals surface area contributed by atoms with Gasteiger partial charge < -0.3 is 58.5 Å². The lowest BCUT2D eigenvalue weighted by atomic mass is 9.92. The molecule has 1 unspecified atom stereocenters. The number of aliphatic hydroxyl groups excluding tert-OH is 1. The second-order valence-corrected chi connectivity index (χ2v) is 13.7. The van der Waals surface area contributed by atoms with Gasteiger partial charge in [0.15, 0.2) is 0 Å². The van der Waals surface area contributed by atoms with Gasteiger partial charge in [-0.1, -0.05) is 49.7 Å². The van der Waals surface area contributed by atoms with E-state index < -0.39 is 85.7 Å². The number of carbonyl (C=O) groups is 7. The zero-order valence-corrected chi connectivity index (χ0v) is 32.7. The molecule has 7 amide bonds. The molecule has 57 heavy (non-hydrogen) atoms. The molecule has 0 radical (unpaired) electrons. The maximum absolute atomic E-state index is 13.4. The van der Waals surface area contributed by atoms with Gasteiger partial charge in [-0.05, 0) is 81.3 Å². The largest absolute Gasteiger partial charge is 0.472 e. The van der Waals surface area contributed by atoms with Gasteiger partial charge in [0.2, 0.25) is 35.4 Å². The maximum Gasteiger partial charge on any atom is 0.472 e. The van der Waals surface area contributed by atoms with Crippen LogP contribution in [0.15, 0.2) is 48.5 Å². The molecule has 312 valence electrons. The third-order valence-electron chi connectivity index (χ3n) is 8.80. The van der Waals surface area contributed by atoms with Crippen molar-refractivity contribution in [1.82, 2.24) is 31.9 Å². The molecule has 19 heteroatoms. The van der Waals surface area contributed by atoms with Crippen LogP contribution in [0.4, 0.5) is 0 Å². The lowest BCUT2D eigenvalue weighted by Crippen LogP contribution is -2.60. The average molecular weight is 797 g/mol. The summed E-state index contributed by atoms with van der Waals surface area (Å²) < 4.78 is 0. The van der Waals surface area contributed by atoms with Gasteiger partial charge in [-0.25, -0.2) is 0 Å². The van der Waals surface area contributed by atoms with Gasteiger partial charge in [0.25, 0.3) is 5.91 Å². The van der Waals surface area contributed by atoms with Crippen LogP contribution in [0.3, 0.4) is 0 Å². The van der Waals surface area contributed by atoms with E-state index in [9.17, 15) is 38.7 Å². The van der Waals surface area contributed by atoms with E-state index in [0.717, 1.165) is 30.4 Å². The molecule has 0 fully saturated rings. The first-order chi connectivity index (χ1) is 27.1. The molecule has 13 N–H and O–H groups in total. The molecule has 0 heterocycles. The van der Waals surface area contributed by atoms with Crippen LogP contribution in [-0.2, 0) is 35.2 Å². The molecular formula is C38H57BN8O10. The first-order valence-corrected chi connectivity index (χ1v) is 19.0. The number of aryl methyl sites for hydroxylation is 1. The number of unbranched alkanes of at least 4 members (excludes halogenated alkanes) is 2. The smallest absolute Gasteiger partial charge is 0.426 e. The van der Waals surface area contributed by atoms with Crippen molar-refractivity contribution in [2.24, 2.45) is 11.5 Å². The summed E-state index contributed by atoms with van der Waals surface area (Å²) in [6.45, 7) is 4.91. The summed E-state index contributed by atoms with van der Waals surface area (Å²) in [7, 11) is -1.90. The summed E-state index contributed by atoms with van der Waals surface area (Å²) in [6, 6.07) is 9.79. The fraction of sp³-hybridized carbons (Fsp3) is 0.500. The van der Waals surface area contributed by atoms with Gasteiger partial charge in [-0.15, -0.1) is 0 Å². The predicted octanol–water partition coefficient (Wildman–Crippen LogP) is -1.71. The quantitative estimate of drug-likeness (QED) is 0.0397. The number of nitrogens with two attached hydrogens (primary N) is 2. The lowest BCUT2D eigenvalue weighted by Gasteiger charge is -2.26. The number of nitrogens with one attached hydrogen (secondary N) is 6. The topological polar surface area (TPSA) is 304 Å². The van der Waals surface area contributed by atoms with Crippen molar-refractivity contribution < 1.29 is 48.7 Å². The van der Waals surface area contributed by atoms with E-state index >= 15 is 0 Å². The number of hydrogen-bond acceptors (Lipinski definition) is 11. The number of amides is 7. The molecule has 2 aromatic carbocycles. The van der Waals surface area contributed by atoms with Gasteiger partial charge >= 0.3 is 7.12 Å². The molecule has 2 rings (SSSR count). The van der Waals surface area contributed by atoms with Crippen LogP contribution >= 0.6 is 0 Å². The van der Waals surface area contributed by atoms with Gasteiger partial charge in [0, 0.05) is 18.5 Å². The summed E-state index contributed by atoms with van der Waals surface area (Å²) in [4.78, 5) is 88.9. The fourth-order valence-electron chi connectivity index (χ4n) is 5.53. The van der Waals surface area contributed by atoms with E-state index in [1.54, 1.807) is 12.1 Å². The van der Waals surface area contributed by atoms with Crippen LogP contribution < -0.4 is 43.4 Å². The summed E-state index contributed by atoms with van der Waals surface area (Å²) in [5.74, 6) is -5.57. The van der Waals surface area contributed by atoms with Crippen molar-refractivity contribution in [1.29, 1.82) is 0 Å². The van der Waals surface area contributed by atoms with Crippen LogP contribution in [-0.4, -0.2) is 113 Å². The Bertz CT molecular complexity index is 1640. The molecule has 0 aromatic heterocycles. The molecule has 0 aliphatic carbocycles. The Labute approximate surface area is 332 Å². The molecule has 0 saturated carbocycles. The zero-order valence-electron chi connectivity index (χ0n) is 32.7. The van der Waals surface area contributed by atoms with Crippen LogP contribution in [0, 0.1) is 0 Å². The number of rotatable bonds is 25. The predicted molar refractivity (Wildman–Crippen MR) is 212 cm³/mol. The number of primary amides is 1. The van der Waals surface area contributed by atoms with E-state index in [-0.39, 0.29) is 25.3 Å². The van der Waals surface area contributed by atoms with E-state index in [4.69, 9.17) is 21.5 Å². The van der Waals surface area contributed by atoms with E-state index in [1.807, 2.05) is 12.1 Å². The number of aliphatic hydroxyl groups is 1. The van der Waals surface area contributed by atoms with Crippen molar-refractivity contribution in [2.75, 3.05) is 19.5 Å². The molecular weight excluding hydrogens is 739 g/mol. The van der Waals surface area contributed by atoms with Crippen molar-refractivity contribution in [2.45, 2.75) is 102 Å². The third-order valence-corrected chi connectivity index (χ3v) is 8.80. The minimum atomic E-state index is -1.90. The highest BCUT2D eigenvalue weighted by Crippen LogP contribution is 2.21. The molecule has 5 atom stereocenters. The first-order valence-electron chi connectivity index (χ1n) is 19.0. The minimum Gasteiger partial charge on any atom is -0.426 e.